The molecule has 1 aliphatic heterocycles. The van der Waals surface area contributed by atoms with Crippen LogP contribution >= 0.6 is 11.3 Å². The molecule has 1 aromatic rings. The molecular weight excluding hydrogens is 234 g/mol. The van der Waals surface area contributed by atoms with Gasteiger partial charge in [-0.1, -0.05) is 0 Å². The van der Waals surface area contributed by atoms with Crippen molar-refractivity contribution in [3.05, 3.63) is 16.1 Å². The number of nitrogens with two attached hydrogens (primary N) is 1. The number of likely N-dealkylation sites (tertiary alicyclic amines) is 1. The third kappa shape index (κ3) is 1.98. The van der Waals surface area contributed by atoms with E-state index in [9.17, 15) is 4.79 Å². The lowest BCUT2D eigenvalue weighted by Crippen LogP contribution is -2.37. The van der Waals surface area contributed by atoms with Crippen molar-refractivity contribution in [2.45, 2.75) is 31.7 Å². The van der Waals surface area contributed by atoms with Crippen LogP contribution in [0.2, 0.25) is 0 Å². The molecule has 2 unspecified atom stereocenters. The number of aromatic nitrogens is 1. The Morgan fingerprint density at radius 3 is 3.12 bits per heavy atom. The fraction of sp³-hybridized carbons (Fsp3) is 0.667. The van der Waals surface area contributed by atoms with Gasteiger partial charge in [-0.15, -0.1) is 11.3 Å². The Kier molecular flexibility index (Phi) is 2.88. The molecule has 1 amide bonds. The van der Waals surface area contributed by atoms with Crippen LogP contribution < -0.4 is 5.73 Å². The van der Waals surface area contributed by atoms with Crippen LogP contribution in [-0.2, 0) is 6.42 Å². The van der Waals surface area contributed by atoms with Gasteiger partial charge in [0, 0.05) is 24.4 Å². The molecule has 0 radical (unpaired) electrons. The van der Waals surface area contributed by atoms with Gasteiger partial charge in [-0.3, -0.25) is 4.79 Å². The normalized spacial score (nSPS) is 26.8. The van der Waals surface area contributed by atoms with Gasteiger partial charge in [0.15, 0.2) is 0 Å². The Morgan fingerprint density at radius 2 is 2.47 bits per heavy atom. The summed E-state index contributed by atoms with van der Waals surface area (Å²) < 4.78 is 0. The summed E-state index contributed by atoms with van der Waals surface area (Å²) in [5.41, 5.74) is 6.11. The Morgan fingerprint density at radius 1 is 1.59 bits per heavy atom. The highest BCUT2D eigenvalue weighted by atomic mass is 32.1. The van der Waals surface area contributed by atoms with E-state index >= 15 is 0 Å². The van der Waals surface area contributed by atoms with Crippen LogP contribution in [0, 0.1) is 5.92 Å². The zero-order valence-electron chi connectivity index (χ0n) is 9.76. The Bertz CT molecular complexity index is 431. The van der Waals surface area contributed by atoms with Gasteiger partial charge in [0.2, 0.25) is 0 Å². The van der Waals surface area contributed by atoms with E-state index in [0.717, 1.165) is 23.9 Å². The summed E-state index contributed by atoms with van der Waals surface area (Å²) >= 11 is 1.54. The molecule has 1 saturated heterocycles. The molecule has 17 heavy (non-hydrogen) atoms. The number of rotatable bonds is 3. The predicted molar refractivity (Wildman–Crippen MR) is 67.0 cm³/mol. The molecule has 1 aliphatic carbocycles. The molecule has 1 saturated carbocycles. The van der Waals surface area contributed by atoms with Crippen molar-refractivity contribution in [2.24, 2.45) is 11.7 Å². The molecule has 2 heterocycles. The van der Waals surface area contributed by atoms with Crippen molar-refractivity contribution in [1.29, 1.82) is 0 Å². The molecule has 0 spiro atoms. The highest BCUT2D eigenvalue weighted by Gasteiger charge is 2.40. The summed E-state index contributed by atoms with van der Waals surface area (Å²) in [6.45, 7) is 1.53. The Labute approximate surface area is 105 Å². The molecule has 2 aliphatic rings. The molecule has 1 aromatic heterocycles. The lowest BCUT2D eigenvalue weighted by Gasteiger charge is -2.26. The third-order valence-corrected chi connectivity index (χ3v) is 4.71. The van der Waals surface area contributed by atoms with Crippen molar-refractivity contribution >= 4 is 17.2 Å². The summed E-state index contributed by atoms with van der Waals surface area (Å²) in [6.07, 6.45) is 4.44. The largest absolute Gasteiger partial charge is 0.334 e. The molecule has 5 heteroatoms. The van der Waals surface area contributed by atoms with Gasteiger partial charge in [-0.2, -0.15) is 0 Å². The van der Waals surface area contributed by atoms with Gasteiger partial charge < -0.3 is 10.6 Å². The van der Waals surface area contributed by atoms with Crippen molar-refractivity contribution < 1.29 is 4.79 Å². The molecule has 3 rings (SSSR count). The number of piperidine rings is 1. The third-order valence-electron chi connectivity index (χ3n) is 3.80. The Balaban J connectivity index is 1.73. The first-order valence-electron chi connectivity index (χ1n) is 6.23. The summed E-state index contributed by atoms with van der Waals surface area (Å²) in [5, 5.41) is 2.85. The van der Waals surface area contributed by atoms with Gasteiger partial charge >= 0.3 is 0 Å². The number of fused-ring (bicyclic) bond motifs is 2. The molecule has 2 N–H and O–H groups in total. The zero-order valence-corrected chi connectivity index (χ0v) is 10.6. The number of carbonyl (C=O) groups excluding carboxylic acids is 1. The van der Waals surface area contributed by atoms with Gasteiger partial charge in [0.1, 0.15) is 5.69 Å². The molecule has 4 nitrogen and oxygen atoms in total. The SMILES string of the molecule is NCCc1nc(C(=O)N2CC3CCC2C3)cs1. The van der Waals surface area contributed by atoms with E-state index in [1.165, 1.54) is 19.3 Å². The summed E-state index contributed by atoms with van der Waals surface area (Å²) in [4.78, 5) is 18.7. The maximum Gasteiger partial charge on any atom is 0.273 e. The van der Waals surface area contributed by atoms with Crippen LogP contribution in [0.3, 0.4) is 0 Å². The lowest BCUT2D eigenvalue weighted by molar-refractivity contribution is 0.0698. The first-order chi connectivity index (χ1) is 8.28. The van der Waals surface area contributed by atoms with Crippen molar-refractivity contribution in [1.82, 2.24) is 9.88 Å². The van der Waals surface area contributed by atoms with Gasteiger partial charge in [-0.25, -0.2) is 4.98 Å². The van der Waals surface area contributed by atoms with Crippen LogP contribution in [-0.4, -0.2) is 34.9 Å². The zero-order chi connectivity index (χ0) is 11.8. The molecule has 2 fully saturated rings. The van der Waals surface area contributed by atoms with Gasteiger partial charge in [0.25, 0.3) is 5.91 Å². The highest BCUT2D eigenvalue weighted by Crippen LogP contribution is 2.38. The van der Waals surface area contributed by atoms with E-state index in [2.05, 4.69) is 4.98 Å². The minimum atomic E-state index is 0.122. The van der Waals surface area contributed by atoms with Crippen molar-refractivity contribution in [2.75, 3.05) is 13.1 Å². The highest BCUT2D eigenvalue weighted by molar-refractivity contribution is 7.09. The van der Waals surface area contributed by atoms with Gasteiger partial charge in [-0.05, 0) is 31.7 Å². The number of hydrogen-bond acceptors (Lipinski definition) is 4. The lowest BCUT2D eigenvalue weighted by atomic mass is 10.1. The quantitative estimate of drug-likeness (QED) is 0.880. The molecule has 0 aromatic carbocycles. The van der Waals surface area contributed by atoms with Crippen LogP contribution in [0.4, 0.5) is 0 Å². The summed E-state index contributed by atoms with van der Waals surface area (Å²) in [7, 11) is 0. The molecule has 2 bridgehead atoms. The fourth-order valence-electron chi connectivity index (χ4n) is 2.97. The fourth-order valence-corrected chi connectivity index (χ4v) is 3.76. The number of carbonyl (C=O) groups is 1. The average Bonchev–Trinajstić information content (AvgIpc) is 3.03. The number of amides is 1. The number of thiazole rings is 1. The minimum absolute atomic E-state index is 0.122. The smallest absolute Gasteiger partial charge is 0.273 e. The van der Waals surface area contributed by atoms with Crippen LogP contribution in [0.15, 0.2) is 5.38 Å². The maximum atomic E-state index is 12.3. The van der Waals surface area contributed by atoms with Crippen LogP contribution in [0.25, 0.3) is 0 Å². The van der Waals surface area contributed by atoms with E-state index in [0.29, 0.717) is 18.3 Å². The first-order valence-corrected chi connectivity index (χ1v) is 7.11. The van der Waals surface area contributed by atoms with E-state index in [1.807, 2.05) is 10.3 Å². The van der Waals surface area contributed by atoms with Crippen molar-refractivity contribution in [3.8, 4) is 0 Å². The van der Waals surface area contributed by atoms with Crippen molar-refractivity contribution in [3.63, 3.8) is 0 Å². The topological polar surface area (TPSA) is 59.2 Å². The van der Waals surface area contributed by atoms with E-state index < -0.39 is 0 Å². The second-order valence-corrected chi connectivity index (χ2v) is 5.90. The Hall–Kier alpha value is -0.940. The summed E-state index contributed by atoms with van der Waals surface area (Å²) in [5.74, 6) is 0.864. The number of nitrogens with zero attached hydrogens (tertiary/aromatic N) is 2. The molecule has 92 valence electrons. The molecular formula is C12H17N3OS. The second-order valence-electron chi connectivity index (χ2n) is 4.96. The monoisotopic (exact) mass is 251 g/mol. The number of hydrogen-bond donors (Lipinski definition) is 1. The first kappa shape index (κ1) is 11.2. The van der Waals surface area contributed by atoms with Gasteiger partial charge in [0.05, 0.1) is 5.01 Å². The van der Waals surface area contributed by atoms with E-state index in [-0.39, 0.29) is 5.91 Å². The standard InChI is InChI=1S/C12H17N3OS/c13-4-3-11-14-10(7-17-11)12(16)15-6-8-1-2-9(15)5-8/h7-9H,1-6,13H2. The van der Waals surface area contributed by atoms with Crippen LogP contribution in [0.5, 0.6) is 0 Å². The minimum Gasteiger partial charge on any atom is -0.334 e. The second kappa shape index (κ2) is 4.38. The summed E-state index contributed by atoms with van der Waals surface area (Å²) in [6, 6.07) is 0.479. The van der Waals surface area contributed by atoms with Crippen LogP contribution in [0.1, 0.15) is 34.8 Å². The van der Waals surface area contributed by atoms with E-state index in [1.54, 1.807) is 11.3 Å². The maximum absolute atomic E-state index is 12.3. The van der Waals surface area contributed by atoms with E-state index in [4.69, 9.17) is 5.73 Å². The average molecular weight is 251 g/mol. The molecule has 2 atom stereocenters. The predicted octanol–water partition coefficient (Wildman–Crippen LogP) is 1.27.